The summed E-state index contributed by atoms with van der Waals surface area (Å²) in [5.74, 6) is -0.224. The summed E-state index contributed by atoms with van der Waals surface area (Å²) in [5.41, 5.74) is 0. The molecule has 0 spiro atoms. The fourth-order valence-electron chi connectivity index (χ4n) is 2.90. The minimum Gasteiger partial charge on any atom is -0.206 e. The number of benzene rings is 4. The van der Waals surface area contributed by atoms with E-state index in [0.717, 1.165) is 26.9 Å². The monoisotopic (exact) mass is 324 g/mol. The minimum absolute atomic E-state index is 0.224. The Kier molecular flexibility index (Phi) is 2.54. The molecule has 4 aromatic carbocycles. The largest absolute Gasteiger partial charge is 0.206 e. The first-order valence-corrected chi connectivity index (χ1v) is 7.23. The molecule has 4 aromatic rings. The van der Waals surface area contributed by atoms with Gasteiger partial charge in [0.25, 0.3) is 0 Å². The normalized spacial score (nSPS) is 11.5. The van der Waals surface area contributed by atoms with E-state index < -0.39 is 0 Å². The second-order valence-electron chi connectivity index (χ2n) is 4.90. The lowest BCUT2D eigenvalue weighted by Crippen LogP contribution is -1.85. The second-order valence-corrected chi connectivity index (χ2v) is 5.76. The molecule has 0 radical (unpaired) electrons. The van der Waals surface area contributed by atoms with E-state index in [1.807, 2.05) is 30.3 Å². The van der Waals surface area contributed by atoms with Crippen LogP contribution in [0.3, 0.4) is 0 Å². The zero-order valence-electron chi connectivity index (χ0n) is 10.5. The van der Waals surface area contributed by atoms with Crippen molar-refractivity contribution >= 4 is 48.2 Å². The van der Waals surface area contributed by atoms with E-state index >= 15 is 0 Å². The molecular formula is C18H10BrF. The fraction of sp³-hybridized carbons (Fsp3) is 0. The molecule has 0 aromatic heterocycles. The van der Waals surface area contributed by atoms with E-state index in [9.17, 15) is 4.39 Å². The molecule has 0 aliphatic carbocycles. The van der Waals surface area contributed by atoms with E-state index in [4.69, 9.17) is 0 Å². The van der Waals surface area contributed by atoms with Gasteiger partial charge in [-0.3, -0.25) is 0 Å². The zero-order valence-corrected chi connectivity index (χ0v) is 12.1. The first-order valence-electron chi connectivity index (χ1n) is 6.44. The number of fused-ring (bicyclic) bond motifs is 6. The summed E-state index contributed by atoms with van der Waals surface area (Å²) < 4.78 is 14.4. The SMILES string of the molecule is Fc1cc2c3ccccc3c3ccccc3c2cc1Br. The van der Waals surface area contributed by atoms with Crippen LogP contribution in [0.1, 0.15) is 0 Å². The van der Waals surface area contributed by atoms with E-state index in [1.54, 1.807) is 6.07 Å². The first kappa shape index (κ1) is 11.9. The van der Waals surface area contributed by atoms with Crippen molar-refractivity contribution in [1.82, 2.24) is 0 Å². The van der Waals surface area contributed by atoms with Gasteiger partial charge in [-0.15, -0.1) is 0 Å². The van der Waals surface area contributed by atoms with Crippen LogP contribution in [0.15, 0.2) is 65.1 Å². The van der Waals surface area contributed by atoms with Gasteiger partial charge in [-0.2, -0.15) is 0 Å². The van der Waals surface area contributed by atoms with Gasteiger partial charge in [-0.1, -0.05) is 48.5 Å². The molecule has 0 aliphatic rings. The Bertz CT molecular complexity index is 893. The summed E-state index contributed by atoms with van der Waals surface area (Å²) in [4.78, 5) is 0. The van der Waals surface area contributed by atoms with Crippen LogP contribution in [0.5, 0.6) is 0 Å². The molecular weight excluding hydrogens is 315 g/mol. The van der Waals surface area contributed by atoms with Gasteiger partial charge >= 0.3 is 0 Å². The Morgan fingerprint density at radius 2 is 1.00 bits per heavy atom. The standard InChI is InChI=1S/C18H10BrF/c19-17-9-15-13-7-3-1-5-11(13)12-6-2-4-8-14(12)16(15)10-18(17)20/h1-10H. The molecule has 96 valence electrons. The molecule has 0 nitrogen and oxygen atoms in total. The van der Waals surface area contributed by atoms with Crippen molar-refractivity contribution in [1.29, 1.82) is 0 Å². The molecule has 0 amide bonds. The minimum atomic E-state index is -0.224. The fourth-order valence-corrected chi connectivity index (χ4v) is 3.24. The summed E-state index contributed by atoms with van der Waals surface area (Å²) >= 11 is 3.29. The van der Waals surface area contributed by atoms with Gasteiger partial charge in [0.05, 0.1) is 4.47 Å². The van der Waals surface area contributed by atoms with Crippen molar-refractivity contribution < 1.29 is 4.39 Å². The Balaban J connectivity index is 2.42. The highest BCUT2D eigenvalue weighted by Gasteiger charge is 2.10. The first-order chi connectivity index (χ1) is 9.75. The predicted molar refractivity (Wildman–Crippen MR) is 86.6 cm³/mol. The van der Waals surface area contributed by atoms with Crippen LogP contribution in [0.2, 0.25) is 0 Å². The molecule has 0 fully saturated rings. The van der Waals surface area contributed by atoms with Crippen molar-refractivity contribution in [3.63, 3.8) is 0 Å². The van der Waals surface area contributed by atoms with E-state index in [1.165, 1.54) is 5.39 Å². The maximum Gasteiger partial charge on any atom is 0.138 e. The van der Waals surface area contributed by atoms with Crippen LogP contribution < -0.4 is 0 Å². The maximum atomic E-state index is 13.9. The van der Waals surface area contributed by atoms with Gasteiger partial charge in [0, 0.05) is 0 Å². The smallest absolute Gasteiger partial charge is 0.138 e. The molecule has 0 bridgehead atoms. The van der Waals surface area contributed by atoms with Gasteiger partial charge in [0.2, 0.25) is 0 Å². The van der Waals surface area contributed by atoms with Gasteiger partial charge in [-0.25, -0.2) is 4.39 Å². The predicted octanol–water partition coefficient (Wildman–Crippen LogP) is 6.05. The highest BCUT2D eigenvalue weighted by Crippen LogP contribution is 2.36. The summed E-state index contributed by atoms with van der Waals surface area (Å²) in [6.07, 6.45) is 0. The molecule has 0 saturated heterocycles. The van der Waals surface area contributed by atoms with E-state index in [2.05, 4.69) is 40.2 Å². The number of hydrogen-bond acceptors (Lipinski definition) is 0. The zero-order chi connectivity index (χ0) is 13.7. The third kappa shape index (κ3) is 1.58. The third-order valence-corrected chi connectivity index (χ3v) is 4.39. The molecule has 2 heteroatoms. The number of halogens is 2. The number of hydrogen-bond donors (Lipinski definition) is 0. The average Bonchev–Trinajstić information content (AvgIpc) is 2.49. The Morgan fingerprint density at radius 3 is 1.50 bits per heavy atom. The lowest BCUT2D eigenvalue weighted by atomic mass is 9.94. The van der Waals surface area contributed by atoms with Gasteiger partial charge in [-0.05, 0) is 60.4 Å². The second kappa shape index (κ2) is 4.29. The van der Waals surface area contributed by atoms with Gasteiger partial charge < -0.3 is 0 Å². The Labute approximate surface area is 124 Å². The van der Waals surface area contributed by atoms with Crippen molar-refractivity contribution in [3.8, 4) is 0 Å². The molecule has 0 heterocycles. The summed E-state index contributed by atoms with van der Waals surface area (Å²) in [7, 11) is 0. The van der Waals surface area contributed by atoms with Crippen molar-refractivity contribution in [2.24, 2.45) is 0 Å². The van der Waals surface area contributed by atoms with Crippen LogP contribution in [0, 0.1) is 5.82 Å². The third-order valence-electron chi connectivity index (χ3n) is 3.79. The molecule has 0 aliphatic heterocycles. The molecule has 0 unspecified atom stereocenters. The van der Waals surface area contributed by atoms with Crippen LogP contribution in [0.4, 0.5) is 4.39 Å². The van der Waals surface area contributed by atoms with Crippen LogP contribution in [-0.4, -0.2) is 0 Å². The Hall–Kier alpha value is -1.93. The van der Waals surface area contributed by atoms with Crippen molar-refractivity contribution in [2.75, 3.05) is 0 Å². The van der Waals surface area contributed by atoms with Crippen molar-refractivity contribution in [2.45, 2.75) is 0 Å². The number of rotatable bonds is 0. The molecule has 0 N–H and O–H groups in total. The summed E-state index contributed by atoms with van der Waals surface area (Å²) in [6.45, 7) is 0. The highest BCUT2D eigenvalue weighted by atomic mass is 79.9. The van der Waals surface area contributed by atoms with Gasteiger partial charge in [0.15, 0.2) is 0 Å². The van der Waals surface area contributed by atoms with E-state index in [-0.39, 0.29) is 5.82 Å². The molecule has 4 rings (SSSR count). The Morgan fingerprint density at radius 1 is 0.600 bits per heavy atom. The molecule has 20 heavy (non-hydrogen) atoms. The highest BCUT2D eigenvalue weighted by molar-refractivity contribution is 9.10. The average molecular weight is 325 g/mol. The lowest BCUT2D eigenvalue weighted by molar-refractivity contribution is 0.623. The van der Waals surface area contributed by atoms with Gasteiger partial charge in [0.1, 0.15) is 5.82 Å². The lowest BCUT2D eigenvalue weighted by Gasteiger charge is -2.10. The summed E-state index contributed by atoms with van der Waals surface area (Å²) in [5, 5.41) is 6.65. The quantitative estimate of drug-likeness (QED) is 0.345. The molecule has 0 saturated carbocycles. The van der Waals surface area contributed by atoms with E-state index in [0.29, 0.717) is 4.47 Å². The van der Waals surface area contributed by atoms with Crippen LogP contribution >= 0.6 is 15.9 Å². The maximum absolute atomic E-state index is 13.9. The summed E-state index contributed by atoms with van der Waals surface area (Å²) in [6, 6.07) is 19.9. The topological polar surface area (TPSA) is 0 Å². The van der Waals surface area contributed by atoms with Crippen LogP contribution in [0.25, 0.3) is 32.3 Å². The van der Waals surface area contributed by atoms with Crippen molar-refractivity contribution in [3.05, 3.63) is 71.0 Å². The van der Waals surface area contributed by atoms with Crippen LogP contribution in [-0.2, 0) is 0 Å². The molecule has 0 atom stereocenters.